The van der Waals surface area contributed by atoms with Gasteiger partial charge in [-0.15, -0.1) is 0 Å². The second kappa shape index (κ2) is 5.27. The molecule has 1 amide bonds. The van der Waals surface area contributed by atoms with E-state index in [-0.39, 0.29) is 24.7 Å². The largest absolute Gasteiger partial charge is 0.389 e. The zero-order valence-corrected chi connectivity index (χ0v) is 10.4. The molecule has 1 aromatic carbocycles. The summed E-state index contributed by atoms with van der Waals surface area (Å²) in [6.07, 6.45) is 0.143. The Bertz CT molecular complexity index is 399. The molecule has 0 aliphatic rings. The van der Waals surface area contributed by atoms with Crippen molar-refractivity contribution in [3.05, 3.63) is 35.6 Å². The van der Waals surface area contributed by atoms with Crippen molar-refractivity contribution in [2.45, 2.75) is 25.9 Å². The molecule has 0 bridgehead atoms. The molecule has 4 heteroatoms. The first-order valence-corrected chi connectivity index (χ1v) is 5.49. The Morgan fingerprint density at radius 2 is 2.12 bits per heavy atom. The molecule has 0 heterocycles. The molecule has 0 saturated heterocycles. The van der Waals surface area contributed by atoms with Crippen LogP contribution in [0, 0.1) is 5.82 Å². The minimum atomic E-state index is -0.924. The molecule has 1 aromatic rings. The lowest BCUT2D eigenvalue weighted by Gasteiger charge is -2.25. The average molecular weight is 239 g/mol. The Labute approximate surface area is 101 Å². The molecule has 1 N–H and O–H groups in total. The summed E-state index contributed by atoms with van der Waals surface area (Å²) in [5.41, 5.74) is -0.288. The molecule has 0 saturated carbocycles. The van der Waals surface area contributed by atoms with Gasteiger partial charge in [0, 0.05) is 13.6 Å². The van der Waals surface area contributed by atoms with E-state index in [0.29, 0.717) is 5.56 Å². The van der Waals surface area contributed by atoms with E-state index in [0.717, 1.165) is 0 Å². The van der Waals surface area contributed by atoms with Crippen LogP contribution in [0.4, 0.5) is 4.39 Å². The third-order valence-corrected chi connectivity index (χ3v) is 2.29. The number of amides is 1. The molecule has 1 rings (SSSR count). The molecule has 0 fully saturated rings. The smallest absolute Gasteiger partial charge is 0.226 e. The standard InChI is InChI=1S/C13H18FNO2/c1-13(2,17)9-15(3)12(16)8-10-5-4-6-11(14)7-10/h4-7,17H,8-9H2,1-3H3. The Morgan fingerprint density at radius 3 is 2.65 bits per heavy atom. The van der Waals surface area contributed by atoms with Gasteiger partial charge in [-0.3, -0.25) is 4.79 Å². The van der Waals surface area contributed by atoms with Gasteiger partial charge in [-0.25, -0.2) is 4.39 Å². The minimum absolute atomic E-state index is 0.141. The van der Waals surface area contributed by atoms with Crippen LogP contribution in [0.1, 0.15) is 19.4 Å². The van der Waals surface area contributed by atoms with E-state index in [4.69, 9.17) is 0 Å². The van der Waals surface area contributed by atoms with Crippen molar-refractivity contribution in [1.29, 1.82) is 0 Å². The molecule has 0 aromatic heterocycles. The normalized spacial score (nSPS) is 11.4. The van der Waals surface area contributed by atoms with Gasteiger partial charge in [0.05, 0.1) is 12.0 Å². The predicted octanol–water partition coefficient (Wildman–Crippen LogP) is 1.60. The van der Waals surface area contributed by atoms with Crippen LogP contribution >= 0.6 is 0 Å². The van der Waals surface area contributed by atoms with Gasteiger partial charge in [0.15, 0.2) is 0 Å². The summed E-state index contributed by atoms with van der Waals surface area (Å²) in [5, 5.41) is 9.59. The van der Waals surface area contributed by atoms with E-state index in [1.54, 1.807) is 33.0 Å². The fraction of sp³-hybridized carbons (Fsp3) is 0.462. The number of hydrogen-bond donors (Lipinski definition) is 1. The van der Waals surface area contributed by atoms with Crippen LogP contribution in [0.5, 0.6) is 0 Å². The van der Waals surface area contributed by atoms with Crippen molar-refractivity contribution in [2.24, 2.45) is 0 Å². The highest BCUT2D eigenvalue weighted by atomic mass is 19.1. The van der Waals surface area contributed by atoms with E-state index < -0.39 is 5.60 Å². The molecule has 0 atom stereocenters. The van der Waals surface area contributed by atoms with Crippen molar-refractivity contribution in [3.8, 4) is 0 Å². The molecular weight excluding hydrogens is 221 g/mol. The number of rotatable bonds is 4. The molecule has 0 aliphatic heterocycles. The zero-order valence-electron chi connectivity index (χ0n) is 10.4. The van der Waals surface area contributed by atoms with Gasteiger partial charge in [0.25, 0.3) is 0 Å². The highest BCUT2D eigenvalue weighted by molar-refractivity contribution is 5.78. The number of aliphatic hydroxyl groups is 1. The topological polar surface area (TPSA) is 40.5 Å². The summed E-state index contributed by atoms with van der Waals surface area (Å²) in [4.78, 5) is 13.2. The highest BCUT2D eigenvalue weighted by Gasteiger charge is 2.19. The molecule has 17 heavy (non-hydrogen) atoms. The maximum absolute atomic E-state index is 12.9. The zero-order chi connectivity index (χ0) is 13.1. The molecule has 0 radical (unpaired) electrons. The summed E-state index contributed by atoms with van der Waals surface area (Å²) >= 11 is 0. The van der Waals surface area contributed by atoms with Crippen LogP contribution in [-0.2, 0) is 11.2 Å². The number of carbonyl (C=O) groups excluding carboxylic acids is 1. The first kappa shape index (κ1) is 13.6. The number of carbonyl (C=O) groups is 1. The van der Waals surface area contributed by atoms with Crippen molar-refractivity contribution in [2.75, 3.05) is 13.6 Å². The third kappa shape index (κ3) is 4.95. The van der Waals surface area contributed by atoms with E-state index in [9.17, 15) is 14.3 Å². The van der Waals surface area contributed by atoms with Gasteiger partial charge >= 0.3 is 0 Å². The Kier molecular flexibility index (Phi) is 4.23. The van der Waals surface area contributed by atoms with E-state index >= 15 is 0 Å². The van der Waals surface area contributed by atoms with E-state index in [1.807, 2.05) is 0 Å². The Morgan fingerprint density at radius 1 is 1.47 bits per heavy atom. The minimum Gasteiger partial charge on any atom is -0.389 e. The molecule has 0 unspecified atom stereocenters. The van der Waals surface area contributed by atoms with Crippen molar-refractivity contribution in [3.63, 3.8) is 0 Å². The summed E-state index contributed by atoms with van der Waals surface area (Å²) in [6, 6.07) is 5.97. The van der Waals surface area contributed by atoms with Gasteiger partial charge in [-0.1, -0.05) is 12.1 Å². The number of hydrogen-bond acceptors (Lipinski definition) is 2. The fourth-order valence-corrected chi connectivity index (χ4v) is 1.63. The van der Waals surface area contributed by atoms with Gasteiger partial charge < -0.3 is 10.0 Å². The molecule has 0 spiro atoms. The van der Waals surface area contributed by atoms with Crippen LogP contribution in [0.15, 0.2) is 24.3 Å². The summed E-state index contributed by atoms with van der Waals surface area (Å²) in [7, 11) is 1.62. The van der Waals surface area contributed by atoms with Crippen molar-refractivity contribution in [1.82, 2.24) is 4.90 Å². The summed E-state index contributed by atoms with van der Waals surface area (Å²) < 4.78 is 12.9. The second-order valence-corrected chi connectivity index (χ2v) is 4.87. The Hall–Kier alpha value is -1.42. The third-order valence-electron chi connectivity index (χ3n) is 2.29. The van der Waals surface area contributed by atoms with E-state index in [1.165, 1.54) is 17.0 Å². The van der Waals surface area contributed by atoms with Crippen LogP contribution < -0.4 is 0 Å². The van der Waals surface area contributed by atoms with Gasteiger partial charge in [0.1, 0.15) is 5.82 Å². The quantitative estimate of drug-likeness (QED) is 0.867. The predicted molar refractivity (Wildman–Crippen MR) is 64.0 cm³/mol. The summed E-state index contributed by atoms with van der Waals surface area (Å²) in [5.74, 6) is -0.488. The fourth-order valence-electron chi connectivity index (χ4n) is 1.63. The lowest BCUT2D eigenvalue weighted by Crippen LogP contribution is -2.40. The van der Waals surface area contributed by atoms with Crippen LogP contribution in [0.3, 0.4) is 0 Å². The lowest BCUT2D eigenvalue weighted by atomic mass is 10.1. The van der Waals surface area contributed by atoms with Gasteiger partial charge in [0.2, 0.25) is 5.91 Å². The maximum atomic E-state index is 12.9. The lowest BCUT2D eigenvalue weighted by molar-refractivity contribution is -0.131. The first-order chi connectivity index (χ1) is 7.78. The monoisotopic (exact) mass is 239 g/mol. The second-order valence-electron chi connectivity index (χ2n) is 4.87. The number of likely N-dealkylation sites (N-methyl/N-ethyl adjacent to an activating group) is 1. The maximum Gasteiger partial charge on any atom is 0.226 e. The SMILES string of the molecule is CN(CC(C)(C)O)C(=O)Cc1cccc(F)c1. The van der Waals surface area contributed by atoms with Crippen LogP contribution in [-0.4, -0.2) is 35.1 Å². The van der Waals surface area contributed by atoms with Gasteiger partial charge in [-0.05, 0) is 31.5 Å². The number of halogens is 1. The summed E-state index contributed by atoms with van der Waals surface area (Å²) in [6.45, 7) is 3.53. The van der Waals surface area contributed by atoms with Crippen molar-refractivity contribution >= 4 is 5.91 Å². The molecule has 0 aliphatic carbocycles. The van der Waals surface area contributed by atoms with Gasteiger partial charge in [-0.2, -0.15) is 0 Å². The first-order valence-electron chi connectivity index (χ1n) is 5.49. The van der Waals surface area contributed by atoms with Crippen LogP contribution in [0.25, 0.3) is 0 Å². The average Bonchev–Trinajstić information content (AvgIpc) is 2.14. The number of nitrogens with zero attached hydrogens (tertiary/aromatic N) is 1. The number of benzene rings is 1. The molecule has 3 nitrogen and oxygen atoms in total. The Balaban J connectivity index is 2.60. The van der Waals surface area contributed by atoms with Crippen molar-refractivity contribution < 1.29 is 14.3 Å². The molecular formula is C13H18FNO2. The molecule has 94 valence electrons. The highest BCUT2D eigenvalue weighted by Crippen LogP contribution is 2.08. The van der Waals surface area contributed by atoms with Crippen LogP contribution in [0.2, 0.25) is 0 Å². The van der Waals surface area contributed by atoms with E-state index in [2.05, 4.69) is 0 Å².